The number of hydrogen-bond acceptors (Lipinski definition) is 8. The highest BCUT2D eigenvalue weighted by molar-refractivity contribution is 6.47. The Balaban J connectivity index is 1.55. The summed E-state index contributed by atoms with van der Waals surface area (Å²) in [6.07, 6.45) is -1.74. The number of urea groups is 1. The van der Waals surface area contributed by atoms with Crippen LogP contribution in [0.15, 0.2) is 41.2 Å². The molecule has 200 valence electrons. The highest BCUT2D eigenvalue weighted by Crippen LogP contribution is 2.30. The number of fused-ring (bicyclic) bond motifs is 1. The number of amides is 4. The van der Waals surface area contributed by atoms with Crippen molar-refractivity contribution in [1.82, 2.24) is 25.4 Å². The van der Waals surface area contributed by atoms with Crippen molar-refractivity contribution in [3.8, 4) is 5.75 Å². The number of carboxylic acid groups (broad SMARTS) is 1. The van der Waals surface area contributed by atoms with Gasteiger partial charge in [-0.2, -0.15) is 0 Å². The van der Waals surface area contributed by atoms with Crippen LogP contribution >= 0.6 is 0 Å². The molecule has 2 aromatic rings. The van der Waals surface area contributed by atoms with Crippen molar-refractivity contribution in [1.29, 1.82) is 0 Å². The molecule has 1 aromatic heterocycles. The van der Waals surface area contributed by atoms with Gasteiger partial charge in [-0.15, -0.1) is 0 Å². The molecule has 1 fully saturated rings. The van der Waals surface area contributed by atoms with Gasteiger partial charge in [0.1, 0.15) is 11.8 Å². The average molecular weight is 527 g/mol. The lowest BCUT2D eigenvalue weighted by atomic mass is 9.72. The SMILES string of the molecule is CCN1CCN(C(=O)NC(C(=O)N[C@H]2Cc3cccc(C(=O)O)c3OB2O)c2cccc(=O)[nH]2)C(O)C1=O. The largest absolute Gasteiger partial charge is 0.547 e. The molecule has 3 heterocycles. The fraction of sp³-hybridized carbons (Fsp3) is 0.348. The molecule has 38 heavy (non-hydrogen) atoms. The lowest BCUT2D eigenvalue weighted by molar-refractivity contribution is -0.153. The first-order chi connectivity index (χ1) is 18.1. The number of aromatic amines is 1. The molecule has 2 aliphatic rings. The monoisotopic (exact) mass is 527 g/mol. The number of pyridine rings is 1. The second-order valence-corrected chi connectivity index (χ2v) is 8.76. The molecule has 14 nitrogen and oxygen atoms in total. The molecule has 1 saturated heterocycles. The number of hydrogen-bond donors (Lipinski definition) is 6. The minimum absolute atomic E-state index is 0.00407. The molecular formula is C23H26BN5O9. The molecule has 0 radical (unpaired) electrons. The topological polar surface area (TPSA) is 202 Å². The predicted molar refractivity (Wildman–Crippen MR) is 131 cm³/mol. The maximum atomic E-state index is 13.4. The molecule has 1 aromatic carbocycles. The summed E-state index contributed by atoms with van der Waals surface area (Å²) in [7, 11) is -1.61. The molecular weight excluding hydrogens is 501 g/mol. The van der Waals surface area contributed by atoms with Gasteiger partial charge in [0.2, 0.25) is 17.7 Å². The number of carbonyl (C=O) groups excluding carboxylic acids is 3. The summed E-state index contributed by atoms with van der Waals surface area (Å²) in [6.45, 7) is 2.27. The Morgan fingerprint density at radius 3 is 2.61 bits per heavy atom. The molecule has 15 heteroatoms. The zero-order valence-corrected chi connectivity index (χ0v) is 20.3. The van der Waals surface area contributed by atoms with E-state index in [-0.39, 0.29) is 36.5 Å². The number of aromatic carboxylic acids is 1. The van der Waals surface area contributed by atoms with Gasteiger partial charge in [0.25, 0.3) is 5.91 Å². The molecule has 2 aliphatic heterocycles. The lowest BCUT2D eigenvalue weighted by Crippen LogP contribution is -2.62. The van der Waals surface area contributed by atoms with Crippen molar-refractivity contribution in [2.24, 2.45) is 0 Å². The predicted octanol–water partition coefficient (Wildman–Crippen LogP) is -1.55. The third-order valence-electron chi connectivity index (χ3n) is 6.39. The number of nitrogens with zero attached hydrogens (tertiary/aromatic N) is 2. The second kappa shape index (κ2) is 10.9. The van der Waals surface area contributed by atoms with E-state index in [9.17, 15) is 39.2 Å². The van der Waals surface area contributed by atoms with E-state index in [0.717, 1.165) is 4.90 Å². The zero-order valence-electron chi connectivity index (χ0n) is 20.3. The van der Waals surface area contributed by atoms with E-state index >= 15 is 0 Å². The smallest absolute Gasteiger partial charge is 0.534 e. The summed E-state index contributed by atoms with van der Waals surface area (Å²) in [6, 6.07) is 5.99. The maximum Gasteiger partial charge on any atom is 0.547 e. The summed E-state index contributed by atoms with van der Waals surface area (Å²) in [5, 5.41) is 35.2. The fourth-order valence-electron chi connectivity index (χ4n) is 4.39. The van der Waals surface area contributed by atoms with E-state index < -0.39 is 54.7 Å². The van der Waals surface area contributed by atoms with Crippen LogP contribution in [-0.4, -0.2) is 92.8 Å². The van der Waals surface area contributed by atoms with E-state index in [1.165, 1.54) is 35.2 Å². The third-order valence-corrected chi connectivity index (χ3v) is 6.39. The number of aliphatic hydroxyl groups is 1. The summed E-state index contributed by atoms with van der Waals surface area (Å²) in [5.74, 6) is -3.79. The number of benzene rings is 1. The molecule has 0 aliphatic carbocycles. The Hall–Kier alpha value is -4.37. The Morgan fingerprint density at radius 2 is 1.92 bits per heavy atom. The first-order valence-electron chi connectivity index (χ1n) is 11.8. The van der Waals surface area contributed by atoms with Gasteiger partial charge in [-0.05, 0) is 31.0 Å². The first kappa shape index (κ1) is 26.7. The van der Waals surface area contributed by atoms with Crippen LogP contribution < -0.4 is 20.8 Å². The number of rotatable bonds is 6. The highest BCUT2D eigenvalue weighted by atomic mass is 16.5. The molecule has 0 bridgehead atoms. The van der Waals surface area contributed by atoms with Crippen molar-refractivity contribution in [3.63, 3.8) is 0 Å². The van der Waals surface area contributed by atoms with Crippen LogP contribution in [0.2, 0.25) is 0 Å². The highest BCUT2D eigenvalue weighted by Gasteiger charge is 2.41. The molecule has 0 spiro atoms. The van der Waals surface area contributed by atoms with Crippen molar-refractivity contribution in [3.05, 3.63) is 63.6 Å². The van der Waals surface area contributed by atoms with Crippen LogP contribution in [0, 0.1) is 0 Å². The Morgan fingerprint density at radius 1 is 1.18 bits per heavy atom. The number of carboxylic acids is 1. The van der Waals surface area contributed by atoms with Crippen LogP contribution in [0.4, 0.5) is 4.79 Å². The Bertz CT molecular complexity index is 1320. The van der Waals surface area contributed by atoms with Crippen molar-refractivity contribution < 1.29 is 39.1 Å². The zero-order chi connectivity index (χ0) is 27.6. The normalized spacial score (nSPS) is 19.8. The summed E-state index contributed by atoms with van der Waals surface area (Å²) >= 11 is 0. The summed E-state index contributed by atoms with van der Waals surface area (Å²) in [4.78, 5) is 66.8. The lowest BCUT2D eigenvalue weighted by Gasteiger charge is -2.38. The molecule has 0 saturated carbocycles. The molecule has 6 N–H and O–H groups in total. The van der Waals surface area contributed by atoms with Gasteiger partial charge in [0.05, 0.1) is 17.2 Å². The van der Waals surface area contributed by atoms with Crippen molar-refractivity contribution in [2.75, 3.05) is 19.6 Å². The van der Waals surface area contributed by atoms with Crippen LogP contribution in [0.25, 0.3) is 0 Å². The average Bonchev–Trinajstić information content (AvgIpc) is 2.88. The van der Waals surface area contributed by atoms with Crippen LogP contribution in [0.1, 0.15) is 34.6 Å². The Kier molecular flexibility index (Phi) is 7.69. The van der Waals surface area contributed by atoms with Gasteiger partial charge in [0.15, 0.2) is 0 Å². The van der Waals surface area contributed by atoms with E-state index in [4.69, 9.17) is 4.65 Å². The van der Waals surface area contributed by atoms with Gasteiger partial charge in [0, 0.05) is 25.7 Å². The number of H-pyrrole nitrogens is 1. The standard InChI is InChI=1S/C23H26BN5O9/c1-2-28-9-10-29(21(33)20(28)32)23(36)27-17(14-7-4-8-16(30)25-14)19(31)26-15-11-12-5-3-6-13(22(34)35)18(12)38-24(15)37/h3-8,15,17,21,33,37H,2,9-11H2,1H3,(H,25,30)(H,26,31)(H,27,36)(H,34,35)/t15-,17?,21?/m0/s1. The summed E-state index contributed by atoms with van der Waals surface area (Å²) < 4.78 is 5.40. The number of carbonyl (C=O) groups is 4. The van der Waals surface area contributed by atoms with Gasteiger partial charge in [-0.25, -0.2) is 9.59 Å². The number of likely N-dealkylation sites (N-methyl/N-ethyl adjacent to an activating group) is 1. The quantitative estimate of drug-likeness (QED) is 0.241. The van der Waals surface area contributed by atoms with Crippen LogP contribution in [-0.2, 0) is 16.0 Å². The van der Waals surface area contributed by atoms with Gasteiger partial charge >= 0.3 is 19.1 Å². The molecule has 2 unspecified atom stereocenters. The minimum Gasteiger partial charge on any atom is -0.534 e. The number of nitrogens with one attached hydrogen (secondary N) is 3. The minimum atomic E-state index is -1.75. The van der Waals surface area contributed by atoms with Crippen molar-refractivity contribution in [2.45, 2.75) is 31.6 Å². The van der Waals surface area contributed by atoms with E-state index in [0.29, 0.717) is 12.1 Å². The van der Waals surface area contributed by atoms with E-state index in [1.807, 2.05) is 0 Å². The van der Waals surface area contributed by atoms with Crippen molar-refractivity contribution >= 4 is 30.9 Å². The van der Waals surface area contributed by atoms with Crippen LogP contribution in [0.3, 0.4) is 0 Å². The first-order valence-corrected chi connectivity index (χ1v) is 11.8. The summed E-state index contributed by atoms with van der Waals surface area (Å²) in [5.41, 5.74) is -0.243. The number of aliphatic hydroxyl groups excluding tert-OH is 1. The van der Waals surface area contributed by atoms with E-state index in [2.05, 4.69) is 15.6 Å². The number of piperazine rings is 1. The second-order valence-electron chi connectivity index (χ2n) is 8.76. The number of para-hydroxylation sites is 1. The fourth-order valence-corrected chi connectivity index (χ4v) is 4.39. The Labute approximate surface area is 216 Å². The molecule has 4 amide bonds. The number of aromatic nitrogens is 1. The van der Waals surface area contributed by atoms with Gasteiger partial charge < -0.3 is 40.4 Å². The maximum absolute atomic E-state index is 13.4. The molecule has 3 atom stereocenters. The van der Waals surface area contributed by atoms with Gasteiger partial charge in [-0.3, -0.25) is 19.3 Å². The van der Waals surface area contributed by atoms with Crippen LogP contribution in [0.5, 0.6) is 5.75 Å². The third kappa shape index (κ3) is 5.33. The molecule has 4 rings (SSSR count). The van der Waals surface area contributed by atoms with Gasteiger partial charge in [-0.1, -0.05) is 18.2 Å². The van der Waals surface area contributed by atoms with E-state index in [1.54, 1.807) is 13.0 Å².